The summed E-state index contributed by atoms with van der Waals surface area (Å²) in [5.74, 6) is 1.87. The van der Waals surface area contributed by atoms with Crippen molar-refractivity contribution in [2.75, 3.05) is 33.9 Å². The van der Waals surface area contributed by atoms with Crippen LogP contribution in [0.1, 0.15) is 15.9 Å². The Kier molecular flexibility index (Phi) is 9.26. The monoisotopic (exact) mass is 515 g/mol. The Bertz CT molecular complexity index is 1330. The fourth-order valence-electron chi connectivity index (χ4n) is 3.98. The number of amides is 1. The molecule has 198 valence electrons. The van der Waals surface area contributed by atoms with E-state index in [1.54, 1.807) is 38.5 Å². The summed E-state index contributed by atoms with van der Waals surface area (Å²) in [7, 11) is 3.43. The molecule has 0 spiro atoms. The number of aromatic nitrogens is 1. The Labute approximate surface area is 222 Å². The smallest absolute Gasteiger partial charge is 0.253 e. The zero-order valence-corrected chi connectivity index (χ0v) is 21.6. The van der Waals surface area contributed by atoms with Crippen molar-refractivity contribution in [3.63, 3.8) is 0 Å². The number of aliphatic hydroxyl groups is 2. The standard InChI is InChI=1S/C30H33N3O5/c1-33(2)30(36)22-10-13-28-27(17-22)29(14-15-31-28)38-26-11-8-21(9-12-26)16-23(19-34)32-18-24(35)20-37-25-6-4-3-5-7-25/h3-15,17,23-24,32,34-35H,16,18-20H2,1-2H3/t23-,24-/m0/s1. The van der Waals surface area contributed by atoms with Crippen LogP contribution in [0.3, 0.4) is 0 Å². The van der Waals surface area contributed by atoms with E-state index in [9.17, 15) is 15.0 Å². The summed E-state index contributed by atoms with van der Waals surface area (Å²) in [6, 6.07) is 23.9. The predicted molar refractivity (Wildman–Crippen MR) is 147 cm³/mol. The quantitative estimate of drug-likeness (QED) is 0.265. The minimum atomic E-state index is -0.705. The van der Waals surface area contributed by atoms with E-state index in [2.05, 4.69) is 10.3 Å². The Balaban J connectivity index is 1.34. The zero-order chi connectivity index (χ0) is 26.9. The van der Waals surface area contributed by atoms with E-state index >= 15 is 0 Å². The van der Waals surface area contributed by atoms with Crippen LogP contribution in [0.2, 0.25) is 0 Å². The summed E-state index contributed by atoms with van der Waals surface area (Å²) in [5, 5.41) is 24.0. The molecular weight excluding hydrogens is 482 g/mol. The highest BCUT2D eigenvalue weighted by Gasteiger charge is 2.14. The lowest BCUT2D eigenvalue weighted by Gasteiger charge is -2.19. The van der Waals surface area contributed by atoms with E-state index in [-0.39, 0.29) is 25.2 Å². The van der Waals surface area contributed by atoms with Crippen molar-refractivity contribution < 1.29 is 24.5 Å². The van der Waals surface area contributed by atoms with Crippen molar-refractivity contribution >= 4 is 16.8 Å². The lowest BCUT2D eigenvalue weighted by atomic mass is 10.1. The highest BCUT2D eigenvalue weighted by atomic mass is 16.5. The van der Waals surface area contributed by atoms with Gasteiger partial charge < -0.3 is 29.9 Å². The van der Waals surface area contributed by atoms with Crippen molar-refractivity contribution in [3.8, 4) is 17.2 Å². The molecule has 0 bridgehead atoms. The van der Waals surface area contributed by atoms with Crippen molar-refractivity contribution in [3.05, 3.63) is 96.2 Å². The molecule has 0 unspecified atom stereocenters. The molecule has 0 aliphatic heterocycles. The highest BCUT2D eigenvalue weighted by Crippen LogP contribution is 2.30. The van der Waals surface area contributed by atoms with Crippen LogP contribution in [0.4, 0.5) is 0 Å². The number of para-hydroxylation sites is 1. The molecular formula is C30H33N3O5. The topological polar surface area (TPSA) is 104 Å². The van der Waals surface area contributed by atoms with Gasteiger partial charge in [0.25, 0.3) is 5.91 Å². The third kappa shape index (κ3) is 7.29. The lowest BCUT2D eigenvalue weighted by Crippen LogP contribution is -2.41. The van der Waals surface area contributed by atoms with Crippen LogP contribution in [-0.4, -0.2) is 72.0 Å². The Hall–Kier alpha value is -3.98. The Morgan fingerprint density at radius 1 is 1.00 bits per heavy atom. The molecule has 8 nitrogen and oxygen atoms in total. The van der Waals surface area contributed by atoms with E-state index < -0.39 is 6.10 Å². The van der Waals surface area contributed by atoms with Gasteiger partial charge in [-0.15, -0.1) is 0 Å². The van der Waals surface area contributed by atoms with Gasteiger partial charge in [-0.3, -0.25) is 9.78 Å². The highest BCUT2D eigenvalue weighted by molar-refractivity contribution is 5.99. The van der Waals surface area contributed by atoms with Gasteiger partial charge in [0.2, 0.25) is 0 Å². The minimum absolute atomic E-state index is 0.0679. The van der Waals surface area contributed by atoms with Crippen LogP contribution < -0.4 is 14.8 Å². The second-order valence-electron chi connectivity index (χ2n) is 9.26. The number of rotatable bonds is 12. The molecule has 8 heteroatoms. The molecule has 0 aliphatic rings. The number of nitrogens with zero attached hydrogens (tertiary/aromatic N) is 2. The maximum Gasteiger partial charge on any atom is 0.253 e. The van der Waals surface area contributed by atoms with Gasteiger partial charge in [0.1, 0.15) is 30.0 Å². The van der Waals surface area contributed by atoms with E-state index in [0.29, 0.717) is 35.8 Å². The second kappa shape index (κ2) is 13.0. The SMILES string of the molecule is CN(C)C(=O)c1ccc2nccc(Oc3ccc(C[C@@H](CO)NC[C@H](O)COc4ccccc4)cc3)c2c1. The van der Waals surface area contributed by atoms with Crippen molar-refractivity contribution in [2.45, 2.75) is 18.6 Å². The fraction of sp³-hybridized carbons (Fsp3) is 0.267. The first-order valence-electron chi connectivity index (χ1n) is 12.5. The summed E-state index contributed by atoms with van der Waals surface area (Å²) in [6.45, 7) is 0.393. The first-order chi connectivity index (χ1) is 18.4. The van der Waals surface area contributed by atoms with Gasteiger partial charge in [0, 0.05) is 43.8 Å². The molecule has 0 saturated heterocycles. The second-order valence-corrected chi connectivity index (χ2v) is 9.26. The third-order valence-electron chi connectivity index (χ3n) is 6.04. The van der Waals surface area contributed by atoms with Crippen LogP contribution >= 0.6 is 0 Å². The van der Waals surface area contributed by atoms with E-state index in [1.807, 2.05) is 60.7 Å². The molecule has 0 fully saturated rings. The largest absolute Gasteiger partial charge is 0.491 e. The molecule has 0 saturated carbocycles. The van der Waals surface area contributed by atoms with Gasteiger partial charge in [-0.1, -0.05) is 30.3 Å². The molecule has 38 heavy (non-hydrogen) atoms. The van der Waals surface area contributed by atoms with Gasteiger partial charge >= 0.3 is 0 Å². The molecule has 3 aromatic carbocycles. The van der Waals surface area contributed by atoms with Crippen LogP contribution in [0.15, 0.2) is 85.1 Å². The summed E-state index contributed by atoms with van der Waals surface area (Å²) in [6.07, 6.45) is 1.55. The van der Waals surface area contributed by atoms with Gasteiger partial charge in [-0.25, -0.2) is 0 Å². The number of benzene rings is 3. The first kappa shape index (κ1) is 27.1. The van der Waals surface area contributed by atoms with Crippen LogP contribution in [0.25, 0.3) is 10.9 Å². The molecule has 0 aliphatic carbocycles. The van der Waals surface area contributed by atoms with E-state index in [4.69, 9.17) is 9.47 Å². The molecule has 2 atom stereocenters. The molecule has 3 N–H and O–H groups in total. The number of carbonyl (C=O) groups excluding carboxylic acids is 1. The van der Waals surface area contributed by atoms with Gasteiger partial charge in [-0.05, 0) is 60.5 Å². The number of hydrogen-bond donors (Lipinski definition) is 3. The molecule has 1 heterocycles. The normalized spacial score (nSPS) is 12.6. The Morgan fingerprint density at radius 3 is 2.47 bits per heavy atom. The molecule has 1 aromatic heterocycles. The van der Waals surface area contributed by atoms with Crippen LogP contribution in [0, 0.1) is 0 Å². The number of fused-ring (bicyclic) bond motifs is 1. The molecule has 0 radical (unpaired) electrons. The molecule has 1 amide bonds. The van der Waals surface area contributed by atoms with E-state index in [1.165, 1.54) is 4.90 Å². The number of ether oxygens (including phenoxy) is 2. The van der Waals surface area contributed by atoms with E-state index in [0.717, 1.165) is 16.5 Å². The number of carbonyl (C=O) groups is 1. The fourth-order valence-corrected chi connectivity index (χ4v) is 3.98. The van der Waals surface area contributed by atoms with Crippen LogP contribution in [0.5, 0.6) is 17.2 Å². The number of aliphatic hydroxyl groups excluding tert-OH is 2. The van der Waals surface area contributed by atoms with Crippen molar-refractivity contribution in [2.24, 2.45) is 0 Å². The summed E-state index contributed by atoms with van der Waals surface area (Å²) in [5.41, 5.74) is 2.31. The average molecular weight is 516 g/mol. The lowest BCUT2D eigenvalue weighted by molar-refractivity contribution is 0.0827. The van der Waals surface area contributed by atoms with Crippen LogP contribution in [-0.2, 0) is 6.42 Å². The number of pyridine rings is 1. The summed E-state index contributed by atoms with van der Waals surface area (Å²) < 4.78 is 11.7. The molecule has 4 rings (SSSR count). The average Bonchev–Trinajstić information content (AvgIpc) is 2.95. The minimum Gasteiger partial charge on any atom is -0.491 e. The maximum absolute atomic E-state index is 12.4. The van der Waals surface area contributed by atoms with Gasteiger partial charge in [-0.2, -0.15) is 0 Å². The predicted octanol–water partition coefficient (Wildman–Crippen LogP) is 3.66. The number of hydrogen-bond acceptors (Lipinski definition) is 7. The third-order valence-corrected chi connectivity index (χ3v) is 6.04. The van der Waals surface area contributed by atoms with Gasteiger partial charge in [0.15, 0.2) is 0 Å². The zero-order valence-electron chi connectivity index (χ0n) is 21.6. The van der Waals surface area contributed by atoms with Crippen molar-refractivity contribution in [1.29, 1.82) is 0 Å². The number of nitrogens with one attached hydrogen (secondary N) is 1. The first-order valence-corrected chi connectivity index (χ1v) is 12.5. The summed E-state index contributed by atoms with van der Waals surface area (Å²) in [4.78, 5) is 18.3. The Morgan fingerprint density at radius 2 is 1.76 bits per heavy atom. The van der Waals surface area contributed by atoms with Crippen molar-refractivity contribution in [1.82, 2.24) is 15.2 Å². The maximum atomic E-state index is 12.4. The molecule has 4 aromatic rings. The summed E-state index contributed by atoms with van der Waals surface area (Å²) >= 11 is 0. The van der Waals surface area contributed by atoms with Gasteiger partial charge in [0.05, 0.1) is 12.1 Å².